The van der Waals surface area contributed by atoms with Crippen molar-refractivity contribution < 1.29 is 14.3 Å². The van der Waals surface area contributed by atoms with Crippen LogP contribution < -0.4 is 15.0 Å². The molecule has 7 nitrogen and oxygen atoms in total. The fourth-order valence-electron chi connectivity index (χ4n) is 2.74. The predicted molar refractivity (Wildman–Crippen MR) is 99.8 cm³/mol. The summed E-state index contributed by atoms with van der Waals surface area (Å²) in [5.74, 6) is 1.11. The zero-order valence-corrected chi connectivity index (χ0v) is 15.4. The quantitative estimate of drug-likeness (QED) is 0.886. The third-order valence-corrected chi connectivity index (χ3v) is 4.21. The summed E-state index contributed by atoms with van der Waals surface area (Å²) in [5, 5.41) is 2.86. The van der Waals surface area contributed by atoms with Crippen molar-refractivity contribution in [3.8, 4) is 5.75 Å². The van der Waals surface area contributed by atoms with E-state index < -0.39 is 0 Å². The molecule has 1 fully saturated rings. The second-order valence-electron chi connectivity index (χ2n) is 6.32. The molecule has 0 spiro atoms. The zero-order valence-electron chi connectivity index (χ0n) is 15.4. The summed E-state index contributed by atoms with van der Waals surface area (Å²) in [6.07, 6.45) is 0. The van der Waals surface area contributed by atoms with Crippen LogP contribution in [0, 0.1) is 20.8 Å². The summed E-state index contributed by atoms with van der Waals surface area (Å²) in [7, 11) is 0. The van der Waals surface area contributed by atoms with Crippen molar-refractivity contribution in [2.45, 2.75) is 20.8 Å². The molecule has 1 saturated heterocycles. The predicted octanol–water partition coefficient (Wildman–Crippen LogP) is 2.26. The second-order valence-corrected chi connectivity index (χ2v) is 6.32. The number of anilines is 2. The Bertz CT molecular complexity index is 748. The number of carbonyl (C=O) groups is 1. The number of amides is 1. The van der Waals surface area contributed by atoms with Gasteiger partial charge in [-0.25, -0.2) is 9.97 Å². The number of nitrogens with zero attached hydrogens (tertiary/aromatic N) is 3. The van der Waals surface area contributed by atoms with E-state index in [4.69, 9.17) is 9.47 Å². The summed E-state index contributed by atoms with van der Waals surface area (Å²) in [6.45, 7) is 8.58. The van der Waals surface area contributed by atoms with Crippen LogP contribution in [0.15, 0.2) is 24.3 Å². The maximum Gasteiger partial charge on any atom is 0.262 e. The minimum Gasteiger partial charge on any atom is -0.484 e. The van der Waals surface area contributed by atoms with E-state index >= 15 is 0 Å². The minimum absolute atomic E-state index is 0.0623. The van der Waals surface area contributed by atoms with Crippen LogP contribution in [0.3, 0.4) is 0 Å². The second kappa shape index (κ2) is 8.14. The first-order chi connectivity index (χ1) is 12.5. The lowest BCUT2D eigenvalue weighted by molar-refractivity contribution is -0.118. The van der Waals surface area contributed by atoms with Crippen LogP contribution in [0.4, 0.5) is 11.6 Å². The number of nitrogens with one attached hydrogen (secondary N) is 1. The van der Waals surface area contributed by atoms with E-state index in [1.807, 2.05) is 45.0 Å². The molecule has 0 bridgehead atoms. The number of aryl methyl sites for hydroxylation is 3. The summed E-state index contributed by atoms with van der Waals surface area (Å²) < 4.78 is 10.9. The summed E-state index contributed by atoms with van der Waals surface area (Å²) in [4.78, 5) is 23.4. The standard InChI is InChI=1S/C19H24N4O3/c1-13-4-6-16(7-5-13)26-12-17(24)22-18-14(2)20-19(21-15(18)3)23-8-10-25-11-9-23/h4-7H,8-12H2,1-3H3,(H,22,24). The monoisotopic (exact) mass is 356 g/mol. The Kier molecular flexibility index (Phi) is 5.68. The Morgan fingerprint density at radius 2 is 1.73 bits per heavy atom. The number of ether oxygens (including phenoxy) is 2. The highest BCUT2D eigenvalue weighted by atomic mass is 16.5. The minimum atomic E-state index is -0.237. The van der Waals surface area contributed by atoms with Gasteiger partial charge in [0.05, 0.1) is 30.3 Å². The molecule has 1 N–H and O–H groups in total. The lowest BCUT2D eigenvalue weighted by atomic mass is 10.2. The van der Waals surface area contributed by atoms with E-state index in [-0.39, 0.29) is 12.5 Å². The first-order valence-corrected chi connectivity index (χ1v) is 8.70. The number of benzene rings is 1. The molecule has 26 heavy (non-hydrogen) atoms. The number of rotatable bonds is 5. The van der Waals surface area contributed by atoms with E-state index in [9.17, 15) is 4.79 Å². The molecular weight excluding hydrogens is 332 g/mol. The van der Waals surface area contributed by atoms with Gasteiger partial charge in [0.2, 0.25) is 5.95 Å². The maximum absolute atomic E-state index is 12.2. The highest BCUT2D eigenvalue weighted by Crippen LogP contribution is 2.21. The van der Waals surface area contributed by atoms with Gasteiger partial charge in [-0.15, -0.1) is 0 Å². The third kappa shape index (κ3) is 4.49. The largest absolute Gasteiger partial charge is 0.484 e. The number of aromatic nitrogens is 2. The van der Waals surface area contributed by atoms with Crippen LogP contribution in [-0.2, 0) is 9.53 Å². The van der Waals surface area contributed by atoms with Crippen molar-refractivity contribution in [2.75, 3.05) is 43.1 Å². The average Bonchev–Trinajstić information content (AvgIpc) is 2.65. The smallest absolute Gasteiger partial charge is 0.262 e. The van der Waals surface area contributed by atoms with Gasteiger partial charge in [-0.05, 0) is 32.9 Å². The molecule has 0 unspecified atom stereocenters. The van der Waals surface area contributed by atoms with Gasteiger partial charge in [-0.1, -0.05) is 17.7 Å². The van der Waals surface area contributed by atoms with E-state index in [0.29, 0.717) is 30.6 Å². The van der Waals surface area contributed by atoms with E-state index in [2.05, 4.69) is 20.2 Å². The van der Waals surface area contributed by atoms with Crippen molar-refractivity contribution >= 4 is 17.5 Å². The normalized spacial score (nSPS) is 14.2. The van der Waals surface area contributed by atoms with Gasteiger partial charge in [-0.3, -0.25) is 4.79 Å². The van der Waals surface area contributed by atoms with Crippen LogP contribution in [0.2, 0.25) is 0 Å². The van der Waals surface area contributed by atoms with Gasteiger partial charge in [0.25, 0.3) is 5.91 Å². The molecule has 1 aliphatic heterocycles. The first-order valence-electron chi connectivity index (χ1n) is 8.70. The van der Waals surface area contributed by atoms with Gasteiger partial charge < -0.3 is 19.7 Å². The SMILES string of the molecule is Cc1ccc(OCC(=O)Nc2c(C)nc(N3CCOCC3)nc2C)cc1. The Morgan fingerprint density at radius 1 is 1.12 bits per heavy atom. The highest BCUT2D eigenvalue weighted by molar-refractivity contribution is 5.93. The van der Waals surface area contributed by atoms with E-state index in [1.165, 1.54) is 0 Å². The molecule has 1 aromatic carbocycles. The van der Waals surface area contributed by atoms with Crippen molar-refractivity contribution in [1.29, 1.82) is 0 Å². The zero-order chi connectivity index (χ0) is 18.5. The van der Waals surface area contributed by atoms with Crippen LogP contribution in [0.25, 0.3) is 0 Å². The molecule has 2 aromatic rings. The summed E-state index contributed by atoms with van der Waals surface area (Å²) in [5.41, 5.74) is 3.26. The van der Waals surface area contributed by atoms with Crippen molar-refractivity contribution in [1.82, 2.24) is 9.97 Å². The lowest BCUT2D eigenvalue weighted by Gasteiger charge is -2.27. The molecule has 0 aliphatic carbocycles. The molecule has 7 heteroatoms. The Morgan fingerprint density at radius 3 is 2.35 bits per heavy atom. The molecule has 2 heterocycles. The van der Waals surface area contributed by atoms with Crippen molar-refractivity contribution in [3.63, 3.8) is 0 Å². The highest BCUT2D eigenvalue weighted by Gasteiger charge is 2.18. The third-order valence-electron chi connectivity index (χ3n) is 4.21. The Hall–Kier alpha value is -2.67. The lowest BCUT2D eigenvalue weighted by Crippen LogP contribution is -2.37. The average molecular weight is 356 g/mol. The number of carbonyl (C=O) groups excluding carboxylic acids is 1. The molecular formula is C19H24N4O3. The van der Waals surface area contributed by atoms with Crippen LogP contribution in [-0.4, -0.2) is 48.8 Å². The van der Waals surface area contributed by atoms with E-state index in [1.54, 1.807) is 0 Å². The van der Waals surface area contributed by atoms with Gasteiger partial charge in [0.15, 0.2) is 6.61 Å². The van der Waals surface area contributed by atoms with Gasteiger partial charge >= 0.3 is 0 Å². The summed E-state index contributed by atoms with van der Waals surface area (Å²) in [6, 6.07) is 7.58. The van der Waals surface area contributed by atoms with Crippen molar-refractivity contribution in [2.24, 2.45) is 0 Å². The van der Waals surface area contributed by atoms with Crippen LogP contribution in [0.5, 0.6) is 5.75 Å². The number of morpholine rings is 1. The molecule has 1 aromatic heterocycles. The Labute approximate surface area is 153 Å². The summed E-state index contributed by atoms with van der Waals surface area (Å²) >= 11 is 0. The number of hydrogen-bond acceptors (Lipinski definition) is 6. The molecule has 3 rings (SSSR count). The first kappa shape index (κ1) is 18.1. The molecule has 0 saturated carbocycles. The molecule has 1 aliphatic rings. The topological polar surface area (TPSA) is 76.6 Å². The van der Waals surface area contributed by atoms with Gasteiger partial charge in [0, 0.05) is 13.1 Å². The molecule has 0 radical (unpaired) electrons. The van der Waals surface area contributed by atoms with Crippen molar-refractivity contribution in [3.05, 3.63) is 41.2 Å². The van der Waals surface area contributed by atoms with Crippen LogP contribution in [0.1, 0.15) is 17.0 Å². The fourth-order valence-corrected chi connectivity index (χ4v) is 2.74. The van der Waals surface area contributed by atoms with E-state index in [0.717, 1.165) is 30.0 Å². The van der Waals surface area contributed by atoms with Crippen LogP contribution >= 0.6 is 0 Å². The number of hydrogen-bond donors (Lipinski definition) is 1. The molecule has 1 amide bonds. The fraction of sp³-hybridized carbons (Fsp3) is 0.421. The molecule has 138 valence electrons. The maximum atomic E-state index is 12.2. The molecule has 0 atom stereocenters. The van der Waals surface area contributed by atoms with Gasteiger partial charge in [-0.2, -0.15) is 0 Å². The van der Waals surface area contributed by atoms with Gasteiger partial charge in [0.1, 0.15) is 5.75 Å². The Balaban J connectivity index is 1.63.